The van der Waals surface area contributed by atoms with Crippen molar-refractivity contribution in [2.24, 2.45) is 5.92 Å². The van der Waals surface area contributed by atoms with Crippen molar-refractivity contribution >= 4 is 17.1 Å². The topological polar surface area (TPSA) is 68.4 Å². The summed E-state index contributed by atoms with van der Waals surface area (Å²) < 4.78 is 3.13. The number of nitrogens with zero attached hydrogens (tertiary/aromatic N) is 3. The number of hydrogen-bond acceptors (Lipinski definition) is 3. The smallest absolute Gasteiger partial charge is 0.277 e. The molecule has 0 radical (unpaired) electrons. The molecule has 140 valence electrons. The van der Waals surface area contributed by atoms with Gasteiger partial charge in [0.05, 0.1) is 5.69 Å². The van der Waals surface area contributed by atoms with Crippen LogP contribution in [0.5, 0.6) is 0 Å². The van der Waals surface area contributed by atoms with E-state index in [1.54, 1.807) is 16.9 Å². The Morgan fingerprint density at radius 3 is 2.85 bits per heavy atom. The number of rotatable bonds is 3. The number of amides is 1. The van der Waals surface area contributed by atoms with Crippen molar-refractivity contribution in [3.8, 4) is 0 Å². The van der Waals surface area contributed by atoms with Gasteiger partial charge in [-0.3, -0.25) is 9.59 Å². The second-order valence-electron chi connectivity index (χ2n) is 7.64. The summed E-state index contributed by atoms with van der Waals surface area (Å²) in [4.78, 5) is 25.4. The summed E-state index contributed by atoms with van der Waals surface area (Å²) in [5.41, 5.74) is 5.55. The molecule has 0 unspecified atom stereocenters. The lowest BCUT2D eigenvalue weighted by Crippen LogP contribution is -2.28. The zero-order valence-corrected chi connectivity index (χ0v) is 16.0. The first-order chi connectivity index (χ1) is 12.9. The lowest BCUT2D eigenvalue weighted by atomic mass is 9.88. The summed E-state index contributed by atoms with van der Waals surface area (Å²) in [6, 6.07) is 5.79. The second kappa shape index (κ2) is 6.68. The normalized spacial score (nSPS) is 16.3. The number of hydrogen-bond donors (Lipinski definition) is 1. The molecule has 0 fully saturated rings. The van der Waals surface area contributed by atoms with Gasteiger partial charge in [0.2, 0.25) is 5.91 Å². The Labute approximate surface area is 157 Å². The number of anilines is 1. The Hall–Kier alpha value is -2.89. The molecule has 0 aliphatic heterocycles. The maximum Gasteiger partial charge on any atom is 0.277 e. The van der Waals surface area contributed by atoms with Crippen molar-refractivity contribution in [2.75, 3.05) is 5.32 Å². The number of carbonyl (C=O) groups excluding carboxylic acids is 1. The molecule has 0 saturated heterocycles. The van der Waals surface area contributed by atoms with E-state index in [1.165, 1.54) is 10.1 Å². The van der Waals surface area contributed by atoms with E-state index in [2.05, 4.69) is 17.3 Å². The van der Waals surface area contributed by atoms with Gasteiger partial charge < -0.3 is 9.88 Å². The third kappa shape index (κ3) is 3.27. The Balaban J connectivity index is 1.61. The van der Waals surface area contributed by atoms with E-state index < -0.39 is 0 Å². The fourth-order valence-electron chi connectivity index (χ4n) is 3.75. The quantitative estimate of drug-likeness (QED) is 0.777. The average molecular weight is 364 g/mol. The number of fused-ring (bicyclic) bond motifs is 3. The Bertz CT molecular complexity index is 1090. The number of benzene rings is 1. The van der Waals surface area contributed by atoms with Gasteiger partial charge in [-0.25, -0.2) is 4.52 Å². The van der Waals surface area contributed by atoms with Crippen LogP contribution in [0.3, 0.4) is 0 Å². The minimum Gasteiger partial charge on any atom is -0.325 e. The average Bonchev–Trinajstić information content (AvgIpc) is 2.99. The van der Waals surface area contributed by atoms with Gasteiger partial charge in [0.1, 0.15) is 12.1 Å². The summed E-state index contributed by atoms with van der Waals surface area (Å²) in [5, 5.41) is 7.43. The molecule has 2 aromatic heterocycles. The zero-order chi connectivity index (χ0) is 19.1. The highest BCUT2D eigenvalue weighted by molar-refractivity contribution is 5.90. The van der Waals surface area contributed by atoms with Crippen molar-refractivity contribution in [3.05, 3.63) is 63.3 Å². The van der Waals surface area contributed by atoms with Gasteiger partial charge in [-0.05, 0) is 62.3 Å². The van der Waals surface area contributed by atoms with Crippen LogP contribution in [0.2, 0.25) is 0 Å². The molecule has 6 nitrogen and oxygen atoms in total. The lowest BCUT2D eigenvalue weighted by molar-refractivity contribution is -0.116. The maximum absolute atomic E-state index is 13.0. The van der Waals surface area contributed by atoms with Crippen LogP contribution >= 0.6 is 0 Å². The molecule has 1 aliphatic carbocycles. The highest BCUT2D eigenvalue weighted by Crippen LogP contribution is 2.26. The van der Waals surface area contributed by atoms with Gasteiger partial charge in [-0.1, -0.05) is 13.0 Å². The predicted molar refractivity (Wildman–Crippen MR) is 105 cm³/mol. The van der Waals surface area contributed by atoms with Crippen LogP contribution in [0.1, 0.15) is 35.7 Å². The number of nitrogens with one attached hydrogen (secondary N) is 1. The molecule has 0 spiro atoms. The molecule has 27 heavy (non-hydrogen) atoms. The highest BCUT2D eigenvalue weighted by atomic mass is 16.2. The minimum atomic E-state index is -0.216. The Morgan fingerprint density at radius 2 is 2.07 bits per heavy atom. The molecule has 6 heteroatoms. The van der Waals surface area contributed by atoms with Crippen LogP contribution in [0.25, 0.3) is 5.52 Å². The highest BCUT2D eigenvalue weighted by Gasteiger charge is 2.23. The standard InChI is InChI=1S/C21H24N4O2/c1-13-4-7-18-17(10-13)20-21(27)24(8-9-25(20)23-18)12-19(26)22-16-6-5-14(2)15(3)11-16/h5-6,8-9,11,13H,4,7,10,12H2,1-3H3,(H,22,26)/t13-/m0/s1. The van der Waals surface area contributed by atoms with Gasteiger partial charge in [0.15, 0.2) is 0 Å². The number of aromatic nitrogens is 3. The molecular weight excluding hydrogens is 340 g/mol. The van der Waals surface area contributed by atoms with E-state index in [4.69, 9.17) is 0 Å². The van der Waals surface area contributed by atoms with Crippen LogP contribution in [-0.2, 0) is 24.2 Å². The Morgan fingerprint density at radius 1 is 1.26 bits per heavy atom. The third-order valence-corrected chi connectivity index (χ3v) is 5.47. The zero-order valence-electron chi connectivity index (χ0n) is 16.0. The molecule has 0 bridgehead atoms. The lowest BCUT2D eigenvalue weighted by Gasteiger charge is -2.16. The summed E-state index contributed by atoms with van der Waals surface area (Å²) in [6.45, 7) is 6.22. The summed E-state index contributed by atoms with van der Waals surface area (Å²) in [6.07, 6.45) is 6.28. The molecule has 1 amide bonds. The van der Waals surface area contributed by atoms with Crippen LogP contribution < -0.4 is 10.9 Å². The van der Waals surface area contributed by atoms with E-state index in [-0.39, 0.29) is 18.0 Å². The van der Waals surface area contributed by atoms with Crippen molar-refractivity contribution in [2.45, 2.75) is 46.6 Å². The van der Waals surface area contributed by atoms with E-state index in [9.17, 15) is 9.59 Å². The monoisotopic (exact) mass is 364 g/mol. The number of aryl methyl sites for hydroxylation is 3. The van der Waals surface area contributed by atoms with Crippen LogP contribution in [0.15, 0.2) is 35.4 Å². The molecule has 3 aromatic rings. The van der Waals surface area contributed by atoms with E-state index >= 15 is 0 Å². The maximum atomic E-state index is 13.0. The summed E-state index contributed by atoms with van der Waals surface area (Å²) in [7, 11) is 0. The molecule has 4 rings (SSSR count). The van der Waals surface area contributed by atoms with Gasteiger partial charge in [0, 0.05) is 23.6 Å². The second-order valence-corrected chi connectivity index (χ2v) is 7.64. The Kier molecular flexibility index (Phi) is 4.34. The largest absolute Gasteiger partial charge is 0.325 e. The first kappa shape index (κ1) is 17.5. The van der Waals surface area contributed by atoms with Crippen LogP contribution in [0.4, 0.5) is 5.69 Å². The first-order valence-electron chi connectivity index (χ1n) is 9.39. The van der Waals surface area contributed by atoms with Gasteiger partial charge in [-0.15, -0.1) is 0 Å². The van der Waals surface area contributed by atoms with Crippen molar-refractivity contribution in [3.63, 3.8) is 0 Å². The summed E-state index contributed by atoms with van der Waals surface area (Å²) in [5.74, 6) is 0.332. The molecule has 1 aliphatic rings. The van der Waals surface area contributed by atoms with Crippen LogP contribution in [0, 0.1) is 19.8 Å². The third-order valence-electron chi connectivity index (χ3n) is 5.47. The van der Waals surface area contributed by atoms with Gasteiger partial charge in [-0.2, -0.15) is 5.10 Å². The molecular formula is C21H24N4O2. The minimum absolute atomic E-state index is 0.0161. The first-order valence-corrected chi connectivity index (χ1v) is 9.39. The van der Waals surface area contributed by atoms with Crippen molar-refractivity contribution in [1.82, 2.24) is 14.2 Å². The SMILES string of the molecule is Cc1ccc(NC(=O)Cn2ccn3nc4c(c3c2=O)C[C@@H](C)CC4)cc1C. The molecule has 0 saturated carbocycles. The van der Waals surface area contributed by atoms with Crippen molar-refractivity contribution in [1.29, 1.82) is 0 Å². The van der Waals surface area contributed by atoms with Gasteiger partial charge >= 0.3 is 0 Å². The fourth-order valence-corrected chi connectivity index (χ4v) is 3.75. The van der Waals surface area contributed by atoms with E-state index in [0.29, 0.717) is 11.4 Å². The van der Waals surface area contributed by atoms with E-state index in [1.807, 2.05) is 32.0 Å². The van der Waals surface area contributed by atoms with Crippen molar-refractivity contribution < 1.29 is 4.79 Å². The number of carbonyl (C=O) groups is 1. The van der Waals surface area contributed by atoms with E-state index in [0.717, 1.165) is 41.8 Å². The summed E-state index contributed by atoms with van der Waals surface area (Å²) >= 11 is 0. The van der Waals surface area contributed by atoms with Crippen LogP contribution in [-0.4, -0.2) is 20.1 Å². The fraction of sp³-hybridized carbons (Fsp3) is 0.381. The molecule has 1 atom stereocenters. The molecule has 2 heterocycles. The predicted octanol–water partition coefficient (Wildman–Crippen LogP) is 2.88. The van der Waals surface area contributed by atoms with Gasteiger partial charge in [0.25, 0.3) is 5.56 Å². The molecule has 1 aromatic carbocycles. The molecule has 1 N–H and O–H groups in total.